The third-order valence-corrected chi connectivity index (χ3v) is 3.56. The molecule has 0 aliphatic carbocycles. The molecular weight excluding hydrogens is 407 g/mol. The molecule has 0 heterocycles. The summed E-state index contributed by atoms with van der Waals surface area (Å²) < 4.78 is 14.5. The molecule has 0 aliphatic rings. The number of amides is 2. The van der Waals surface area contributed by atoms with Gasteiger partial charge in [-0.15, -0.1) is 0 Å². The van der Waals surface area contributed by atoms with Gasteiger partial charge in [-0.1, -0.05) is 37.9 Å². The van der Waals surface area contributed by atoms with E-state index in [0.717, 1.165) is 4.47 Å². The molecule has 2 rings (SSSR count). The number of halogens is 3. The highest BCUT2D eigenvalue weighted by molar-refractivity contribution is 9.10. The second-order valence-electron chi connectivity index (χ2n) is 4.20. The summed E-state index contributed by atoms with van der Waals surface area (Å²) in [6.07, 6.45) is 0. The molecule has 0 spiro atoms. The zero-order chi connectivity index (χ0) is 15.4. The molecule has 2 aromatic rings. The summed E-state index contributed by atoms with van der Waals surface area (Å²) in [5, 5.41) is 14.4. The van der Waals surface area contributed by atoms with Gasteiger partial charge in [0, 0.05) is 25.9 Å². The first-order chi connectivity index (χ1) is 9.97. The number of carbonyl (C=O) groups excluding carboxylic acids is 1. The second kappa shape index (κ2) is 7.02. The number of urea groups is 1. The Morgan fingerprint density at radius 2 is 1.86 bits per heavy atom. The maximum absolute atomic E-state index is 13.2. The third kappa shape index (κ3) is 4.52. The first-order valence-electron chi connectivity index (χ1n) is 5.91. The van der Waals surface area contributed by atoms with Crippen LogP contribution in [0.4, 0.5) is 20.6 Å². The van der Waals surface area contributed by atoms with Crippen LogP contribution in [0.3, 0.4) is 0 Å². The number of hydrogen-bond acceptors (Lipinski definition) is 2. The van der Waals surface area contributed by atoms with Crippen LogP contribution in [0.1, 0.15) is 5.56 Å². The minimum Gasteiger partial charge on any atom is -0.392 e. The largest absolute Gasteiger partial charge is 0.392 e. The Hall–Kier alpha value is -1.44. The van der Waals surface area contributed by atoms with Gasteiger partial charge in [0.2, 0.25) is 0 Å². The molecule has 0 saturated heterocycles. The van der Waals surface area contributed by atoms with Crippen molar-refractivity contribution in [1.29, 1.82) is 0 Å². The lowest BCUT2D eigenvalue weighted by atomic mass is 10.2. The third-order valence-electron chi connectivity index (χ3n) is 2.61. The van der Waals surface area contributed by atoms with Crippen LogP contribution in [0.2, 0.25) is 0 Å². The highest BCUT2D eigenvalue weighted by Crippen LogP contribution is 2.22. The molecule has 2 aromatic carbocycles. The second-order valence-corrected chi connectivity index (χ2v) is 6.03. The zero-order valence-electron chi connectivity index (χ0n) is 10.7. The van der Waals surface area contributed by atoms with E-state index < -0.39 is 11.8 Å². The van der Waals surface area contributed by atoms with Gasteiger partial charge in [-0.2, -0.15) is 0 Å². The maximum atomic E-state index is 13.2. The molecular formula is C14H11Br2FN2O2. The van der Waals surface area contributed by atoms with Crippen molar-refractivity contribution in [3.05, 3.63) is 56.7 Å². The van der Waals surface area contributed by atoms with Gasteiger partial charge in [0.05, 0.1) is 6.61 Å². The Kier molecular flexibility index (Phi) is 5.33. The predicted octanol–water partition coefficient (Wildman–Crippen LogP) is 4.49. The first-order valence-corrected chi connectivity index (χ1v) is 7.50. The van der Waals surface area contributed by atoms with E-state index in [-0.39, 0.29) is 6.61 Å². The average Bonchev–Trinajstić information content (AvgIpc) is 2.37. The molecule has 0 fully saturated rings. The number of benzene rings is 2. The number of nitrogens with one attached hydrogen (secondary N) is 2. The number of carbonyl (C=O) groups is 1. The molecule has 0 atom stereocenters. The van der Waals surface area contributed by atoms with E-state index in [1.54, 1.807) is 24.3 Å². The van der Waals surface area contributed by atoms with Crippen molar-refractivity contribution in [2.75, 3.05) is 10.6 Å². The van der Waals surface area contributed by atoms with Crippen LogP contribution in [0, 0.1) is 5.82 Å². The van der Waals surface area contributed by atoms with Crippen LogP contribution in [-0.2, 0) is 6.61 Å². The highest BCUT2D eigenvalue weighted by atomic mass is 79.9. The molecule has 2 amide bonds. The van der Waals surface area contributed by atoms with E-state index in [2.05, 4.69) is 42.5 Å². The van der Waals surface area contributed by atoms with E-state index in [1.807, 2.05) is 0 Å². The van der Waals surface area contributed by atoms with E-state index >= 15 is 0 Å². The van der Waals surface area contributed by atoms with Gasteiger partial charge in [0.1, 0.15) is 5.82 Å². The Bertz CT molecular complexity index is 660. The van der Waals surface area contributed by atoms with Crippen molar-refractivity contribution in [3.8, 4) is 0 Å². The van der Waals surface area contributed by atoms with Crippen LogP contribution in [0.15, 0.2) is 45.3 Å². The fraction of sp³-hybridized carbons (Fsp3) is 0.0714. The van der Waals surface area contributed by atoms with Gasteiger partial charge in [-0.05, 0) is 30.3 Å². The van der Waals surface area contributed by atoms with E-state index in [1.165, 1.54) is 12.1 Å². The Morgan fingerprint density at radius 1 is 1.10 bits per heavy atom. The van der Waals surface area contributed by atoms with Crippen molar-refractivity contribution < 1.29 is 14.3 Å². The van der Waals surface area contributed by atoms with Crippen LogP contribution in [0.5, 0.6) is 0 Å². The molecule has 3 N–H and O–H groups in total. The van der Waals surface area contributed by atoms with Gasteiger partial charge < -0.3 is 15.7 Å². The molecule has 0 radical (unpaired) electrons. The molecule has 110 valence electrons. The number of aliphatic hydroxyl groups is 1. The molecule has 0 unspecified atom stereocenters. The fourth-order valence-corrected chi connectivity index (χ4v) is 2.54. The monoisotopic (exact) mass is 416 g/mol. The van der Waals surface area contributed by atoms with Gasteiger partial charge in [0.25, 0.3) is 0 Å². The number of hydrogen-bond donors (Lipinski definition) is 3. The first kappa shape index (κ1) is 15.9. The SMILES string of the molecule is O=C(Nc1cc(F)cc(Br)c1)Nc1cc(Br)ccc1CO. The number of rotatable bonds is 3. The summed E-state index contributed by atoms with van der Waals surface area (Å²) in [7, 11) is 0. The minimum atomic E-state index is -0.527. The number of aliphatic hydroxyl groups excluding tert-OH is 1. The number of anilines is 2. The molecule has 4 nitrogen and oxygen atoms in total. The van der Waals surface area contributed by atoms with Crippen molar-refractivity contribution in [2.45, 2.75) is 6.61 Å². The van der Waals surface area contributed by atoms with Crippen LogP contribution in [-0.4, -0.2) is 11.1 Å². The predicted molar refractivity (Wildman–Crippen MR) is 86.8 cm³/mol. The van der Waals surface area contributed by atoms with Crippen LogP contribution < -0.4 is 10.6 Å². The lowest BCUT2D eigenvalue weighted by Crippen LogP contribution is -2.20. The Balaban J connectivity index is 2.13. The average molecular weight is 418 g/mol. The van der Waals surface area contributed by atoms with E-state index in [4.69, 9.17) is 0 Å². The summed E-state index contributed by atoms with van der Waals surface area (Å²) in [5.74, 6) is -0.460. The van der Waals surface area contributed by atoms with Gasteiger partial charge in [-0.3, -0.25) is 0 Å². The summed E-state index contributed by atoms with van der Waals surface area (Å²) in [4.78, 5) is 11.9. The van der Waals surface area contributed by atoms with Gasteiger partial charge in [-0.25, -0.2) is 9.18 Å². The van der Waals surface area contributed by atoms with Crippen LogP contribution in [0.25, 0.3) is 0 Å². The highest BCUT2D eigenvalue weighted by Gasteiger charge is 2.08. The summed E-state index contributed by atoms with van der Waals surface area (Å²) in [6.45, 7) is -0.200. The normalized spacial score (nSPS) is 10.3. The van der Waals surface area contributed by atoms with Crippen molar-refractivity contribution in [1.82, 2.24) is 0 Å². The van der Waals surface area contributed by atoms with E-state index in [0.29, 0.717) is 21.4 Å². The summed E-state index contributed by atoms with van der Waals surface area (Å²) in [5.41, 5.74) is 1.37. The smallest absolute Gasteiger partial charge is 0.323 e. The van der Waals surface area contributed by atoms with Crippen molar-refractivity contribution >= 4 is 49.3 Å². The van der Waals surface area contributed by atoms with Gasteiger partial charge >= 0.3 is 6.03 Å². The molecule has 7 heteroatoms. The molecule has 0 saturated carbocycles. The summed E-state index contributed by atoms with van der Waals surface area (Å²) in [6, 6.07) is 8.68. The maximum Gasteiger partial charge on any atom is 0.323 e. The molecule has 0 aromatic heterocycles. The van der Waals surface area contributed by atoms with Crippen LogP contribution >= 0.6 is 31.9 Å². The molecule has 0 aliphatic heterocycles. The Morgan fingerprint density at radius 3 is 2.52 bits per heavy atom. The van der Waals surface area contributed by atoms with Crippen molar-refractivity contribution in [2.24, 2.45) is 0 Å². The molecule has 0 bridgehead atoms. The lowest BCUT2D eigenvalue weighted by molar-refractivity contribution is 0.262. The standard InChI is InChI=1S/C14H11Br2FN2O2/c15-9-2-1-8(7-20)13(5-9)19-14(21)18-12-4-10(16)3-11(17)6-12/h1-6,20H,7H2,(H2,18,19,21). The van der Waals surface area contributed by atoms with Gasteiger partial charge in [0.15, 0.2) is 0 Å². The van der Waals surface area contributed by atoms with E-state index in [9.17, 15) is 14.3 Å². The fourth-order valence-electron chi connectivity index (χ4n) is 1.71. The summed E-state index contributed by atoms with van der Waals surface area (Å²) >= 11 is 6.44. The lowest BCUT2D eigenvalue weighted by Gasteiger charge is -2.11. The quantitative estimate of drug-likeness (QED) is 0.689. The van der Waals surface area contributed by atoms with Crippen molar-refractivity contribution in [3.63, 3.8) is 0 Å². The minimum absolute atomic E-state index is 0.200. The Labute approximate surface area is 137 Å². The molecule has 21 heavy (non-hydrogen) atoms. The topological polar surface area (TPSA) is 61.4 Å². The zero-order valence-corrected chi connectivity index (χ0v) is 13.8.